The lowest BCUT2D eigenvalue weighted by Crippen LogP contribution is -2.19. The molecule has 2 aromatic carbocycles. The minimum Gasteiger partial charge on any atom is -0.378 e. The normalized spacial score (nSPS) is 15.4. The molecule has 1 amide bonds. The van der Waals surface area contributed by atoms with Gasteiger partial charge in [-0.2, -0.15) is 5.26 Å². The van der Waals surface area contributed by atoms with Gasteiger partial charge in [-0.3, -0.25) is 4.79 Å². The lowest BCUT2D eigenvalue weighted by Gasteiger charge is -2.21. The van der Waals surface area contributed by atoms with Crippen LogP contribution in [0.5, 0.6) is 0 Å². The van der Waals surface area contributed by atoms with E-state index in [1.54, 1.807) is 0 Å². The van der Waals surface area contributed by atoms with Crippen molar-refractivity contribution in [2.24, 2.45) is 0 Å². The zero-order valence-corrected chi connectivity index (χ0v) is 14.7. The molecule has 0 aliphatic heterocycles. The van der Waals surface area contributed by atoms with Crippen LogP contribution >= 0.6 is 0 Å². The van der Waals surface area contributed by atoms with Crippen molar-refractivity contribution < 1.29 is 4.79 Å². The SMILES string of the molecule is CN(C)c1ccc(C(=O)Nc2ccc(C3(C#N)CCCC3)cc2)cc1. The van der Waals surface area contributed by atoms with E-state index in [4.69, 9.17) is 0 Å². The van der Waals surface area contributed by atoms with Crippen LogP contribution in [0.1, 0.15) is 41.6 Å². The number of rotatable bonds is 4. The van der Waals surface area contributed by atoms with Crippen LogP contribution in [-0.4, -0.2) is 20.0 Å². The van der Waals surface area contributed by atoms with E-state index in [0.717, 1.165) is 42.6 Å². The van der Waals surface area contributed by atoms with Gasteiger partial charge >= 0.3 is 0 Å². The number of anilines is 2. The van der Waals surface area contributed by atoms with Crippen molar-refractivity contribution in [1.29, 1.82) is 5.26 Å². The van der Waals surface area contributed by atoms with Gasteiger partial charge in [0, 0.05) is 31.0 Å². The molecule has 2 aromatic rings. The van der Waals surface area contributed by atoms with E-state index in [0.29, 0.717) is 5.56 Å². The van der Waals surface area contributed by atoms with Crippen molar-refractivity contribution in [2.75, 3.05) is 24.3 Å². The van der Waals surface area contributed by atoms with Crippen molar-refractivity contribution in [3.63, 3.8) is 0 Å². The van der Waals surface area contributed by atoms with Gasteiger partial charge in [0.2, 0.25) is 0 Å². The quantitative estimate of drug-likeness (QED) is 0.905. The smallest absolute Gasteiger partial charge is 0.255 e. The first-order valence-corrected chi connectivity index (χ1v) is 8.65. The highest BCUT2D eigenvalue weighted by atomic mass is 16.1. The summed E-state index contributed by atoms with van der Waals surface area (Å²) in [5.74, 6) is -0.131. The molecule has 25 heavy (non-hydrogen) atoms. The van der Waals surface area contributed by atoms with Crippen molar-refractivity contribution in [3.05, 3.63) is 59.7 Å². The van der Waals surface area contributed by atoms with Gasteiger partial charge in [-0.15, -0.1) is 0 Å². The third-order valence-electron chi connectivity index (χ3n) is 5.01. The van der Waals surface area contributed by atoms with Crippen molar-refractivity contribution in [1.82, 2.24) is 0 Å². The van der Waals surface area contributed by atoms with E-state index in [1.165, 1.54) is 0 Å². The molecule has 0 atom stereocenters. The summed E-state index contributed by atoms with van der Waals surface area (Å²) in [5.41, 5.74) is 3.14. The highest BCUT2D eigenvalue weighted by Gasteiger charge is 2.35. The molecule has 0 unspecified atom stereocenters. The molecule has 0 spiro atoms. The third-order valence-corrected chi connectivity index (χ3v) is 5.01. The topological polar surface area (TPSA) is 56.1 Å². The van der Waals surface area contributed by atoms with Crippen LogP contribution < -0.4 is 10.2 Å². The summed E-state index contributed by atoms with van der Waals surface area (Å²) in [6.07, 6.45) is 4.06. The number of amides is 1. The first kappa shape index (κ1) is 17.0. The number of benzene rings is 2. The van der Waals surface area contributed by atoms with Crippen LogP contribution in [0.15, 0.2) is 48.5 Å². The molecule has 0 saturated heterocycles. The molecule has 4 heteroatoms. The Labute approximate surface area is 149 Å². The maximum absolute atomic E-state index is 12.4. The van der Waals surface area contributed by atoms with Crippen molar-refractivity contribution in [2.45, 2.75) is 31.1 Å². The molecular weight excluding hydrogens is 310 g/mol. The largest absolute Gasteiger partial charge is 0.378 e. The van der Waals surface area contributed by atoms with Gasteiger partial charge in [0.05, 0.1) is 11.5 Å². The molecule has 0 bridgehead atoms. The van der Waals surface area contributed by atoms with E-state index in [2.05, 4.69) is 11.4 Å². The van der Waals surface area contributed by atoms with Crippen LogP contribution in [0.25, 0.3) is 0 Å². The first-order valence-electron chi connectivity index (χ1n) is 8.65. The number of nitrogens with zero attached hydrogens (tertiary/aromatic N) is 2. The summed E-state index contributed by atoms with van der Waals surface area (Å²) < 4.78 is 0. The predicted octanol–water partition coefficient (Wildman–Crippen LogP) is 4.34. The van der Waals surface area contributed by atoms with Gasteiger partial charge in [0.25, 0.3) is 5.91 Å². The highest BCUT2D eigenvalue weighted by Crippen LogP contribution is 2.40. The number of carbonyl (C=O) groups is 1. The Morgan fingerprint density at radius 2 is 1.64 bits per heavy atom. The number of nitrogens with one attached hydrogen (secondary N) is 1. The number of hydrogen-bond donors (Lipinski definition) is 1. The average molecular weight is 333 g/mol. The van der Waals surface area contributed by atoms with Gasteiger partial charge in [-0.1, -0.05) is 25.0 Å². The zero-order valence-electron chi connectivity index (χ0n) is 14.7. The molecule has 0 aromatic heterocycles. The van der Waals surface area contributed by atoms with E-state index in [-0.39, 0.29) is 11.3 Å². The standard InChI is InChI=1S/C21H23N3O/c1-24(2)19-11-5-16(6-12-19)20(25)23-18-9-7-17(8-10-18)21(15-22)13-3-4-14-21/h5-12H,3-4,13-14H2,1-2H3,(H,23,25). The van der Waals surface area contributed by atoms with Crippen molar-refractivity contribution >= 4 is 17.3 Å². The Hall–Kier alpha value is -2.80. The summed E-state index contributed by atoms with van der Waals surface area (Å²) >= 11 is 0. The van der Waals surface area contributed by atoms with Crippen LogP contribution in [0.2, 0.25) is 0 Å². The molecule has 1 fully saturated rings. The van der Waals surface area contributed by atoms with Crippen molar-refractivity contribution in [3.8, 4) is 6.07 Å². The van der Waals surface area contributed by atoms with Gasteiger partial charge in [0.15, 0.2) is 0 Å². The molecular formula is C21H23N3O. The number of hydrogen-bond acceptors (Lipinski definition) is 3. The maximum Gasteiger partial charge on any atom is 0.255 e. The minimum absolute atomic E-state index is 0.131. The Bertz CT molecular complexity index is 779. The second-order valence-corrected chi connectivity index (χ2v) is 6.87. The predicted molar refractivity (Wildman–Crippen MR) is 101 cm³/mol. The summed E-state index contributed by atoms with van der Waals surface area (Å²) in [7, 11) is 3.93. The van der Waals surface area contributed by atoms with Gasteiger partial charge in [-0.25, -0.2) is 0 Å². The Balaban J connectivity index is 1.71. The summed E-state index contributed by atoms with van der Waals surface area (Å²) in [6.45, 7) is 0. The molecule has 3 rings (SSSR count). The second-order valence-electron chi connectivity index (χ2n) is 6.87. The Kier molecular flexibility index (Phi) is 4.76. The summed E-state index contributed by atoms with van der Waals surface area (Å²) in [4.78, 5) is 14.4. The first-order chi connectivity index (χ1) is 12.0. The number of nitriles is 1. The molecule has 0 heterocycles. The molecule has 1 saturated carbocycles. The molecule has 1 N–H and O–H groups in total. The molecule has 4 nitrogen and oxygen atoms in total. The van der Waals surface area contributed by atoms with E-state index < -0.39 is 0 Å². The van der Waals surface area contributed by atoms with Gasteiger partial charge in [0.1, 0.15) is 0 Å². The third kappa shape index (κ3) is 3.51. The van der Waals surface area contributed by atoms with Crippen LogP contribution in [0.3, 0.4) is 0 Å². The molecule has 128 valence electrons. The van der Waals surface area contributed by atoms with E-state index in [9.17, 15) is 10.1 Å². The zero-order chi connectivity index (χ0) is 17.9. The summed E-state index contributed by atoms with van der Waals surface area (Å²) in [5, 5.41) is 12.5. The van der Waals surface area contributed by atoms with E-state index >= 15 is 0 Å². The minimum atomic E-state index is -0.343. The average Bonchev–Trinajstić information content (AvgIpc) is 3.12. The molecule has 1 aliphatic carbocycles. The van der Waals surface area contributed by atoms with Crippen LogP contribution in [0, 0.1) is 11.3 Å². The Morgan fingerprint density at radius 1 is 1.04 bits per heavy atom. The Morgan fingerprint density at radius 3 is 2.16 bits per heavy atom. The van der Waals surface area contributed by atoms with E-state index in [1.807, 2.05) is 67.5 Å². The lowest BCUT2D eigenvalue weighted by atomic mass is 9.80. The summed E-state index contributed by atoms with van der Waals surface area (Å²) in [6, 6.07) is 17.7. The van der Waals surface area contributed by atoms with Gasteiger partial charge in [-0.05, 0) is 54.8 Å². The fraction of sp³-hybridized carbons (Fsp3) is 0.333. The van der Waals surface area contributed by atoms with Crippen LogP contribution in [-0.2, 0) is 5.41 Å². The van der Waals surface area contributed by atoms with Crippen LogP contribution in [0.4, 0.5) is 11.4 Å². The maximum atomic E-state index is 12.4. The lowest BCUT2D eigenvalue weighted by molar-refractivity contribution is 0.102. The fourth-order valence-corrected chi connectivity index (χ4v) is 3.43. The number of carbonyl (C=O) groups excluding carboxylic acids is 1. The van der Waals surface area contributed by atoms with Gasteiger partial charge < -0.3 is 10.2 Å². The fourth-order valence-electron chi connectivity index (χ4n) is 3.43. The highest BCUT2D eigenvalue weighted by molar-refractivity contribution is 6.04. The molecule has 1 aliphatic rings. The second kappa shape index (κ2) is 6.98. The molecule has 0 radical (unpaired) electrons. The monoisotopic (exact) mass is 333 g/mol.